The van der Waals surface area contributed by atoms with Crippen molar-refractivity contribution in [3.05, 3.63) is 99.5 Å². The molecule has 0 unspecified atom stereocenters. The molecule has 0 spiro atoms. The lowest BCUT2D eigenvalue weighted by atomic mass is 10.1. The molecule has 26 heavy (non-hydrogen) atoms. The Morgan fingerprint density at radius 3 is 2.50 bits per heavy atom. The van der Waals surface area contributed by atoms with Crippen LogP contribution in [-0.2, 0) is 6.61 Å². The number of anilines is 1. The van der Waals surface area contributed by atoms with Crippen LogP contribution in [0.2, 0.25) is 0 Å². The average molecular weight is 348 g/mol. The van der Waals surface area contributed by atoms with Crippen molar-refractivity contribution in [3.63, 3.8) is 0 Å². The first kappa shape index (κ1) is 17.5. The second kappa shape index (κ2) is 7.70. The maximum Gasteiger partial charge on any atom is 0.295 e. The van der Waals surface area contributed by atoms with E-state index in [0.717, 1.165) is 21.4 Å². The minimum atomic E-state index is -0.496. The molecule has 5 nitrogen and oxygen atoms in total. The van der Waals surface area contributed by atoms with Crippen molar-refractivity contribution < 1.29 is 9.63 Å². The Hall–Kier alpha value is -3.34. The molecule has 1 heterocycles. The van der Waals surface area contributed by atoms with Crippen LogP contribution in [0.25, 0.3) is 0 Å². The van der Waals surface area contributed by atoms with E-state index in [2.05, 4.69) is 5.32 Å². The molecule has 0 saturated carbocycles. The highest BCUT2D eigenvalue weighted by Crippen LogP contribution is 2.10. The molecule has 5 heteroatoms. The summed E-state index contributed by atoms with van der Waals surface area (Å²) in [5.41, 5.74) is 3.32. The van der Waals surface area contributed by atoms with Crippen molar-refractivity contribution in [2.24, 2.45) is 0 Å². The molecule has 1 N–H and O–H groups in total. The van der Waals surface area contributed by atoms with E-state index in [1.807, 2.05) is 50.2 Å². The minimum Gasteiger partial charge on any atom is -0.406 e. The highest BCUT2D eigenvalue weighted by molar-refractivity contribution is 6.03. The fourth-order valence-electron chi connectivity index (χ4n) is 2.53. The third-order valence-electron chi connectivity index (χ3n) is 3.92. The SMILES string of the molecule is Cc1ccc(NC(=O)c2cccn(OCc3cccc(C)c3)c2=O)cc1. The largest absolute Gasteiger partial charge is 0.406 e. The number of rotatable bonds is 5. The highest BCUT2D eigenvalue weighted by Gasteiger charge is 2.13. The summed E-state index contributed by atoms with van der Waals surface area (Å²) in [6.07, 6.45) is 1.50. The Bertz CT molecular complexity index is 975. The number of carbonyl (C=O) groups is 1. The van der Waals surface area contributed by atoms with Gasteiger partial charge in [0.1, 0.15) is 12.2 Å². The number of hydrogen-bond donors (Lipinski definition) is 1. The van der Waals surface area contributed by atoms with Crippen LogP contribution in [-0.4, -0.2) is 10.6 Å². The second-order valence-electron chi connectivity index (χ2n) is 6.14. The first-order valence-electron chi connectivity index (χ1n) is 8.31. The van der Waals surface area contributed by atoms with E-state index in [1.54, 1.807) is 18.2 Å². The van der Waals surface area contributed by atoms with E-state index in [0.29, 0.717) is 5.69 Å². The number of nitrogens with zero attached hydrogens (tertiary/aromatic N) is 1. The van der Waals surface area contributed by atoms with Crippen LogP contribution in [0.4, 0.5) is 5.69 Å². The van der Waals surface area contributed by atoms with Gasteiger partial charge in [-0.25, -0.2) is 0 Å². The molecule has 0 aliphatic carbocycles. The van der Waals surface area contributed by atoms with Crippen LogP contribution < -0.4 is 15.7 Å². The lowest BCUT2D eigenvalue weighted by Crippen LogP contribution is -2.32. The molecule has 0 aliphatic rings. The summed E-state index contributed by atoms with van der Waals surface area (Å²) in [6.45, 7) is 4.20. The van der Waals surface area contributed by atoms with Crippen LogP contribution in [0.15, 0.2) is 71.7 Å². The number of pyridine rings is 1. The Balaban J connectivity index is 1.75. The molecule has 0 saturated heterocycles. The maximum atomic E-state index is 12.5. The van der Waals surface area contributed by atoms with Gasteiger partial charge in [0.2, 0.25) is 0 Å². The lowest BCUT2D eigenvalue weighted by molar-refractivity contribution is 0.0863. The van der Waals surface area contributed by atoms with Gasteiger partial charge in [0, 0.05) is 11.9 Å². The molecular weight excluding hydrogens is 328 g/mol. The first-order chi connectivity index (χ1) is 12.5. The van der Waals surface area contributed by atoms with Gasteiger partial charge in [0.15, 0.2) is 0 Å². The van der Waals surface area contributed by atoms with E-state index < -0.39 is 11.5 Å². The van der Waals surface area contributed by atoms with Gasteiger partial charge in [0.05, 0.1) is 0 Å². The normalized spacial score (nSPS) is 10.4. The Labute approximate surface area is 151 Å². The van der Waals surface area contributed by atoms with Gasteiger partial charge < -0.3 is 10.2 Å². The zero-order valence-electron chi connectivity index (χ0n) is 14.7. The minimum absolute atomic E-state index is 0.0253. The predicted molar refractivity (Wildman–Crippen MR) is 101 cm³/mol. The van der Waals surface area contributed by atoms with E-state index in [-0.39, 0.29) is 12.2 Å². The number of carbonyl (C=O) groups excluding carboxylic acids is 1. The van der Waals surface area contributed by atoms with Gasteiger partial charge >= 0.3 is 0 Å². The van der Waals surface area contributed by atoms with Gasteiger partial charge in [-0.1, -0.05) is 47.5 Å². The second-order valence-corrected chi connectivity index (χ2v) is 6.14. The first-order valence-corrected chi connectivity index (χ1v) is 8.31. The van der Waals surface area contributed by atoms with Crippen molar-refractivity contribution >= 4 is 11.6 Å². The zero-order chi connectivity index (χ0) is 18.5. The van der Waals surface area contributed by atoms with Crippen molar-refractivity contribution in [3.8, 4) is 0 Å². The van der Waals surface area contributed by atoms with Crippen LogP contribution in [0, 0.1) is 13.8 Å². The summed E-state index contributed by atoms with van der Waals surface area (Å²) in [4.78, 5) is 30.5. The third kappa shape index (κ3) is 4.19. The van der Waals surface area contributed by atoms with Gasteiger partial charge in [-0.15, -0.1) is 0 Å². The van der Waals surface area contributed by atoms with E-state index in [9.17, 15) is 9.59 Å². The number of aryl methyl sites for hydroxylation is 2. The van der Waals surface area contributed by atoms with Crippen molar-refractivity contribution in [2.75, 3.05) is 5.32 Å². The standard InChI is InChI=1S/C21H20N2O3/c1-15-8-10-18(11-9-15)22-20(24)19-7-4-12-23(21(19)25)26-14-17-6-3-5-16(2)13-17/h3-13H,14H2,1-2H3,(H,22,24). The molecule has 0 bridgehead atoms. The molecule has 3 rings (SSSR count). The monoisotopic (exact) mass is 348 g/mol. The molecule has 3 aromatic rings. The van der Waals surface area contributed by atoms with Crippen LogP contribution in [0.5, 0.6) is 0 Å². The smallest absolute Gasteiger partial charge is 0.295 e. The Morgan fingerprint density at radius 1 is 1.00 bits per heavy atom. The van der Waals surface area contributed by atoms with Crippen molar-refractivity contribution in [2.45, 2.75) is 20.5 Å². The summed E-state index contributed by atoms with van der Waals surface area (Å²) in [6, 6.07) is 18.3. The summed E-state index contributed by atoms with van der Waals surface area (Å²) >= 11 is 0. The van der Waals surface area contributed by atoms with Gasteiger partial charge in [-0.05, 0) is 43.7 Å². The van der Waals surface area contributed by atoms with E-state index in [1.165, 1.54) is 12.3 Å². The number of aromatic nitrogens is 1. The molecule has 0 radical (unpaired) electrons. The fourth-order valence-corrected chi connectivity index (χ4v) is 2.53. The topological polar surface area (TPSA) is 60.3 Å². The molecule has 0 aliphatic heterocycles. The summed E-state index contributed by atoms with van der Waals surface area (Å²) < 4.78 is 1.09. The van der Waals surface area contributed by atoms with Crippen LogP contribution >= 0.6 is 0 Å². The van der Waals surface area contributed by atoms with E-state index in [4.69, 9.17) is 4.84 Å². The van der Waals surface area contributed by atoms with Gasteiger partial charge in [-0.3, -0.25) is 9.59 Å². The summed E-state index contributed by atoms with van der Waals surface area (Å²) in [5.74, 6) is -0.465. The molecule has 1 aromatic heterocycles. The summed E-state index contributed by atoms with van der Waals surface area (Å²) in [7, 11) is 0. The molecule has 0 fully saturated rings. The van der Waals surface area contributed by atoms with Crippen molar-refractivity contribution in [1.29, 1.82) is 0 Å². The fraction of sp³-hybridized carbons (Fsp3) is 0.143. The predicted octanol–water partition coefficient (Wildman–Crippen LogP) is 3.35. The number of benzene rings is 2. The Morgan fingerprint density at radius 2 is 1.77 bits per heavy atom. The molecular formula is C21H20N2O3. The zero-order valence-corrected chi connectivity index (χ0v) is 14.7. The number of hydrogen-bond acceptors (Lipinski definition) is 3. The average Bonchev–Trinajstić information content (AvgIpc) is 2.63. The van der Waals surface area contributed by atoms with Crippen molar-refractivity contribution in [1.82, 2.24) is 4.73 Å². The third-order valence-corrected chi connectivity index (χ3v) is 3.92. The van der Waals surface area contributed by atoms with Crippen LogP contribution in [0.3, 0.4) is 0 Å². The van der Waals surface area contributed by atoms with E-state index >= 15 is 0 Å². The lowest BCUT2D eigenvalue weighted by Gasteiger charge is -2.10. The van der Waals surface area contributed by atoms with Crippen LogP contribution in [0.1, 0.15) is 27.0 Å². The Kier molecular flexibility index (Phi) is 5.17. The highest BCUT2D eigenvalue weighted by atomic mass is 16.7. The summed E-state index contributed by atoms with van der Waals surface area (Å²) in [5, 5.41) is 2.73. The number of amides is 1. The quantitative estimate of drug-likeness (QED) is 0.769. The molecule has 0 atom stereocenters. The molecule has 132 valence electrons. The maximum absolute atomic E-state index is 12.5. The molecule has 1 amide bonds. The van der Waals surface area contributed by atoms with Gasteiger partial charge in [0.25, 0.3) is 11.5 Å². The number of nitrogens with one attached hydrogen (secondary N) is 1. The van der Waals surface area contributed by atoms with Gasteiger partial charge in [-0.2, -0.15) is 4.73 Å². The molecule has 2 aromatic carbocycles.